The second-order valence-electron chi connectivity index (χ2n) is 11.0. The Morgan fingerprint density at radius 1 is 1.06 bits per heavy atom. The number of benzene rings is 1. The predicted molar refractivity (Wildman–Crippen MR) is 142 cm³/mol. The fourth-order valence-corrected chi connectivity index (χ4v) is 5.79. The van der Waals surface area contributed by atoms with Crippen LogP contribution in [0.5, 0.6) is 0 Å². The first-order valence-corrected chi connectivity index (χ1v) is 13.3. The van der Waals surface area contributed by atoms with Gasteiger partial charge in [0.25, 0.3) is 0 Å². The van der Waals surface area contributed by atoms with Crippen molar-refractivity contribution in [3.63, 3.8) is 0 Å². The van der Waals surface area contributed by atoms with E-state index in [-0.39, 0.29) is 5.41 Å². The summed E-state index contributed by atoms with van der Waals surface area (Å²) in [4.78, 5) is 1.18. The molecule has 0 aliphatic heterocycles. The summed E-state index contributed by atoms with van der Waals surface area (Å²) in [6.07, 6.45) is 8.72. The lowest BCUT2D eigenvalue weighted by molar-refractivity contribution is 0.318. The Morgan fingerprint density at radius 2 is 1.79 bits per heavy atom. The summed E-state index contributed by atoms with van der Waals surface area (Å²) in [6.45, 7) is 14.6. The second kappa shape index (κ2) is 9.71. The fraction of sp³-hybridized carbons (Fsp3) is 0.536. The van der Waals surface area contributed by atoms with Crippen LogP contribution < -0.4 is 5.14 Å². The minimum Gasteiger partial charge on any atom is -0.343 e. The van der Waals surface area contributed by atoms with Crippen LogP contribution >= 0.6 is 11.9 Å². The van der Waals surface area contributed by atoms with Crippen molar-refractivity contribution in [2.24, 2.45) is 11.1 Å². The highest BCUT2D eigenvalue weighted by atomic mass is 32.2. The molecule has 1 aromatic carbocycles. The van der Waals surface area contributed by atoms with Gasteiger partial charge in [0.1, 0.15) is 0 Å². The van der Waals surface area contributed by atoms with Gasteiger partial charge in [0.05, 0.1) is 5.69 Å². The van der Waals surface area contributed by atoms with Gasteiger partial charge in [0.15, 0.2) is 0 Å². The maximum atomic E-state index is 6.07. The summed E-state index contributed by atoms with van der Waals surface area (Å²) in [5.41, 5.74) is 7.69. The van der Waals surface area contributed by atoms with Gasteiger partial charge in [0, 0.05) is 40.6 Å². The van der Waals surface area contributed by atoms with Gasteiger partial charge in [-0.2, -0.15) is 5.10 Å². The Morgan fingerprint density at radius 3 is 2.42 bits per heavy atom. The van der Waals surface area contributed by atoms with Gasteiger partial charge in [-0.1, -0.05) is 52.2 Å². The molecule has 0 atom stereocenters. The van der Waals surface area contributed by atoms with Crippen LogP contribution in [-0.2, 0) is 12.0 Å². The molecule has 3 aromatic rings. The average Bonchev–Trinajstić information content (AvgIpc) is 3.39. The first-order valence-electron chi connectivity index (χ1n) is 12.5. The van der Waals surface area contributed by atoms with Crippen molar-refractivity contribution in [2.75, 3.05) is 0 Å². The molecular weight excluding hydrogens is 424 g/mol. The third-order valence-electron chi connectivity index (χ3n) is 7.17. The quantitative estimate of drug-likeness (QED) is 0.379. The highest BCUT2D eigenvalue weighted by Gasteiger charge is 2.24. The van der Waals surface area contributed by atoms with E-state index in [0.717, 1.165) is 12.5 Å². The average molecular weight is 465 g/mol. The third-order valence-corrected chi connectivity index (χ3v) is 7.84. The molecule has 1 saturated carbocycles. The molecule has 1 aliphatic rings. The lowest BCUT2D eigenvalue weighted by Gasteiger charge is -2.26. The Balaban J connectivity index is 1.82. The number of hydrogen-bond acceptors (Lipinski definition) is 3. The van der Waals surface area contributed by atoms with Crippen molar-refractivity contribution in [1.82, 2.24) is 14.3 Å². The van der Waals surface area contributed by atoms with Crippen LogP contribution in [0.25, 0.3) is 22.5 Å². The maximum absolute atomic E-state index is 6.07. The first kappa shape index (κ1) is 24.2. The van der Waals surface area contributed by atoms with E-state index in [9.17, 15) is 0 Å². The normalized spacial score (nSPS) is 15.5. The van der Waals surface area contributed by atoms with Gasteiger partial charge < -0.3 is 4.57 Å². The van der Waals surface area contributed by atoms with E-state index in [2.05, 4.69) is 86.2 Å². The molecule has 0 radical (unpaired) electrons. The fourth-order valence-electron chi connectivity index (χ4n) is 5.33. The molecule has 5 heteroatoms. The van der Waals surface area contributed by atoms with Crippen LogP contribution in [0.4, 0.5) is 0 Å². The van der Waals surface area contributed by atoms with Crippen LogP contribution in [0.2, 0.25) is 0 Å². The van der Waals surface area contributed by atoms with Crippen LogP contribution in [0.3, 0.4) is 0 Å². The van der Waals surface area contributed by atoms with E-state index in [0.29, 0.717) is 6.04 Å². The molecule has 0 amide bonds. The second-order valence-corrected chi connectivity index (χ2v) is 11.7. The van der Waals surface area contributed by atoms with Gasteiger partial charge >= 0.3 is 0 Å². The monoisotopic (exact) mass is 464 g/mol. The number of nitrogens with zero attached hydrogens (tertiary/aromatic N) is 3. The first-order chi connectivity index (χ1) is 15.7. The molecule has 4 rings (SSSR count). The number of hydrogen-bond donors (Lipinski definition) is 1. The van der Waals surface area contributed by atoms with Gasteiger partial charge in [-0.15, -0.1) is 0 Å². The molecular formula is C28H40N4S. The summed E-state index contributed by atoms with van der Waals surface area (Å²) in [5.74, 6) is 0.765. The van der Waals surface area contributed by atoms with Gasteiger partial charge in [-0.25, -0.2) is 0 Å². The van der Waals surface area contributed by atoms with Crippen LogP contribution in [0.15, 0.2) is 41.4 Å². The van der Waals surface area contributed by atoms with Crippen LogP contribution in [0.1, 0.15) is 84.0 Å². The Labute approximate surface area is 204 Å². The lowest BCUT2D eigenvalue weighted by Crippen LogP contribution is -2.17. The van der Waals surface area contributed by atoms with Crippen LogP contribution in [-0.4, -0.2) is 14.3 Å². The topological polar surface area (TPSA) is 48.8 Å². The van der Waals surface area contributed by atoms with E-state index < -0.39 is 0 Å². The standard InChI is InChI=1S/C28H40N4S/c1-19(2)32-25(14-15-30-32)23-13-12-22(16-24(23)28(4,5)6)26-17-27(33-29)20(3)31(26)18-21-10-8-7-9-11-21/h12-17,19,21H,7-11,18,29H2,1-6H3. The molecule has 2 heterocycles. The minimum absolute atomic E-state index is 0.0126. The molecule has 4 nitrogen and oxygen atoms in total. The summed E-state index contributed by atoms with van der Waals surface area (Å²) in [5, 5.41) is 10.7. The minimum atomic E-state index is 0.0126. The zero-order chi connectivity index (χ0) is 23.8. The number of nitrogens with two attached hydrogens (primary N) is 1. The van der Waals surface area contributed by atoms with Crippen molar-refractivity contribution in [3.8, 4) is 22.5 Å². The smallest absolute Gasteiger partial charge is 0.0688 e. The van der Waals surface area contributed by atoms with E-state index in [4.69, 9.17) is 5.14 Å². The molecule has 1 aliphatic carbocycles. The molecule has 178 valence electrons. The highest BCUT2D eigenvalue weighted by molar-refractivity contribution is 7.97. The van der Waals surface area contributed by atoms with E-state index in [1.54, 1.807) is 0 Å². The van der Waals surface area contributed by atoms with Crippen LogP contribution in [0, 0.1) is 12.8 Å². The van der Waals surface area contributed by atoms with Gasteiger partial charge in [0.2, 0.25) is 0 Å². The molecule has 0 unspecified atom stereocenters. The Kier molecular flexibility index (Phi) is 7.11. The van der Waals surface area contributed by atoms with Crippen molar-refractivity contribution in [3.05, 3.63) is 47.8 Å². The van der Waals surface area contributed by atoms with E-state index in [1.807, 2.05) is 6.20 Å². The lowest BCUT2D eigenvalue weighted by atomic mass is 9.81. The zero-order valence-electron chi connectivity index (χ0n) is 21.2. The van der Waals surface area contributed by atoms with Gasteiger partial charge in [-0.05, 0) is 86.2 Å². The molecule has 2 aromatic heterocycles. The molecule has 0 spiro atoms. The summed E-state index contributed by atoms with van der Waals surface area (Å²) >= 11 is 1.37. The Hall–Kier alpha value is -1.98. The maximum Gasteiger partial charge on any atom is 0.0688 e. The SMILES string of the molecule is Cc1c(SN)cc(-c2ccc(-c3ccnn3C(C)C)c(C(C)(C)C)c2)n1CC1CCCCC1. The molecule has 0 saturated heterocycles. The van der Waals surface area contributed by atoms with Crippen molar-refractivity contribution in [1.29, 1.82) is 0 Å². The number of rotatable bonds is 6. The Bertz CT molecular complexity index is 1090. The van der Waals surface area contributed by atoms with E-state index >= 15 is 0 Å². The number of aromatic nitrogens is 3. The van der Waals surface area contributed by atoms with Gasteiger partial charge in [-0.3, -0.25) is 9.82 Å². The molecule has 1 fully saturated rings. The summed E-state index contributed by atoms with van der Waals surface area (Å²) < 4.78 is 4.66. The third kappa shape index (κ3) is 4.95. The molecule has 0 bridgehead atoms. The largest absolute Gasteiger partial charge is 0.343 e. The van der Waals surface area contributed by atoms with Crippen molar-refractivity contribution >= 4 is 11.9 Å². The van der Waals surface area contributed by atoms with Crippen molar-refractivity contribution < 1.29 is 0 Å². The summed E-state index contributed by atoms with van der Waals surface area (Å²) in [7, 11) is 0. The zero-order valence-corrected chi connectivity index (χ0v) is 22.0. The highest BCUT2D eigenvalue weighted by Crippen LogP contribution is 2.39. The summed E-state index contributed by atoms with van der Waals surface area (Å²) in [6, 6.07) is 11.8. The molecule has 2 N–H and O–H groups in total. The molecule has 33 heavy (non-hydrogen) atoms. The predicted octanol–water partition coefficient (Wildman–Crippen LogP) is 7.75. The van der Waals surface area contributed by atoms with E-state index in [1.165, 1.54) is 82.7 Å². The van der Waals surface area contributed by atoms with Crippen molar-refractivity contribution in [2.45, 2.75) is 96.5 Å².